The maximum Gasteiger partial charge on any atom is 0.111 e. The molecular formula is C11H21Cl2NS. The Bertz CT molecular complexity index is 169. The molecule has 0 bridgehead atoms. The van der Waals surface area contributed by atoms with E-state index in [0.29, 0.717) is 0 Å². The summed E-state index contributed by atoms with van der Waals surface area (Å²) in [5.74, 6) is 0.964. The Hall–Kier alpha value is 0.890. The number of rotatable bonds is 7. The Morgan fingerprint density at radius 1 is 1.13 bits per heavy atom. The van der Waals surface area contributed by atoms with Crippen molar-refractivity contribution < 1.29 is 0 Å². The summed E-state index contributed by atoms with van der Waals surface area (Å²) in [6.07, 6.45) is 8.02. The Kier molecular flexibility index (Phi) is 7.49. The van der Waals surface area contributed by atoms with Gasteiger partial charge in [0.05, 0.1) is 5.38 Å². The Morgan fingerprint density at radius 3 is 2.40 bits per heavy atom. The number of nitrogens with zero attached hydrogens (tertiary/aromatic N) is 1. The third-order valence-corrected chi connectivity index (χ3v) is 5.32. The molecule has 1 aliphatic rings. The molecule has 0 aliphatic carbocycles. The molecule has 2 unspecified atom stereocenters. The predicted molar refractivity (Wildman–Crippen MR) is 71.8 cm³/mol. The normalized spacial score (nSPS) is 27.4. The molecule has 1 fully saturated rings. The van der Waals surface area contributed by atoms with Crippen molar-refractivity contribution in [3.63, 3.8) is 0 Å². The van der Waals surface area contributed by atoms with Gasteiger partial charge < -0.3 is 0 Å². The first-order valence-corrected chi connectivity index (χ1v) is 7.75. The van der Waals surface area contributed by atoms with Crippen LogP contribution in [0.4, 0.5) is 0 Å². The highest BCUT2D eigenvalue weighted by Gasteiger charge is 2.31. The minimum atomic E-state index is 0.0345. The van der Waals surface area contributed by atoms with Crippen molar-refractivity contribution in [3.8, 4) is 0 Å². The van der Waals surface area contributed by atoms with Crippen molar-refractivity contribution >= 4 is 35.1 Å². The molecule has 90 valence electrons. The van der Waals surface area contributed by atoms with Crippen molar-refractivity contribution in [2.75, 3.05) is 12.3 Å². The summed E-state index contributed by atoms with van der Waals surface area (Å²) in [5, 5.41) is 0.122. The second kappa shape index (κ2) is 8.05. The summed E-state index contributed by atoms with van der Waals surface area (Å²) < 4.78 is 2.24. The first-order chi connectivity index (χ1) is 7.25. The largest absolute Gasteiger partial charge is 0.231 e. The average Bonchev–Trinajstić information content (AvgIpc) is 2.54. The summed E-state index contributed by atoms with van der Waals surface area (Å²) >= 11 is 14.0. The number of unbranched alkanes of at least 4 members (excludes halogenated alkanes) is 5. The molecule has 0 amide bonds. The summed E-state index contributed by atoms with van der Waals surface area (Å²) in [7, 11) is 0. The topological polar surface area (TPSA) is 3.24 Å². The maximum atomic E-state index is 6.16. The van der Waals surface area contributed by atoms with Crippen LogP contribution in [0.3, 0.4) is 0 Å². The molecule has 15 heavy (non-hydrogen) atoms. The van der Waals surface area contributed by atoms with Gasteiger partial charge in [0, 0.05) is 12.3 Å². The van der Waals surface area contributed by atoms with Crippen LogP contribution in [0.5, 0.6) is 0 Å². The van der Waals surface area contributed by atoms with Crippen molar-refractivity contribution in [2.24, 2.45) is 0 Å². The van der Waals surface area contributed by atoms with E-state index in [4.69, 9.17) is 23.2 Å². The van der Waals surface area contributed by atoms with Crippen molar-refractivity contribution in [1.29, 1.82) is 0 Å². The quantitative estimate of drug-likeness (QED) is 0.290. The first-order valence-electron chi connectivity index (χ1n) is 5.93. The van der Waals surface area contributed by atoms with E-state index in [2.05, 4.69) is 11.2 Å². The Balaban J connectivity index is 1.96. The third kappa shape index (κ3) is 5.16. The molecule has 1 rings (SSSR count). The van der Waals surface area contributed by atoms with E-state index in [9.17, 15) is 0 Å². The average molecular weight is 270 g/mol. The lowest BCUT2D eigenvalue weighted by molar-refractivity contribution is 0.435. The van der Waals surface area contributed by atoms with E-state index in [-0.39, 0.29) is 10.9 Å². The molecule has 1 saturated heterocycles. The molecular weight excluding hydrogens is 249 g/mol. The van der Waals surface area contributed by atoms with E-state index < -0.39 is 0 Å². The molecule has 1 aliphatic heterocycles. The molecule has 0 aromatic carbocycles. The molecule has 4 heteroatoms. The van der Waals surface area contributed by atoms with Crippen LogP contribution in [0.2, 0.25) is 0 Å². The highest BCUT2D eigenvalue weighted by Crippen LogP contribution is 2.33. The van der Waals surface area contributed by atoms with E-state index in [1.807, 2.05) is 0 Å². The molecule has 0 saturated carbocycles. The van der Waals surface area contributed by atoms with Crippen LogP contribution >= 0.6 is 35.1 Å². The van der Waals surface area contributed by atoms with Gasteiger partial charge in [0.2, 0.25) is 0 Å². The SMILES string of the molecule is CCCCCCCCN1SCC(Cl)C1Cl. The van der Waals surface area contributed by atoms with Gasteiger partial charge in [-0.15, -0.1) is 23.2 Å². The summed E-state index contributed by atoms with van der Waals surface area (Å²) in [5.41, 5.74) is 0.0345. The predicted octanol–water partition coefficient (Wildman–Crippen LogP) is 4.48. The fourth-order valence-corrected chi connectivity index (χ4v) is 3.63. The highest BCUT2D eigenvalue weighted by molar-refractivity contribution is 7.97. The highest BCUT2D eigenvalue weighted by atomic mass is 35.5. The van der Waals surface area contributed by atoms with Crippen LogP contribution in [0, 0.1) is 0 Å². The number of hydrogen-bond donors (Lipinski definition) is 0. The van der Waals surface area contributed by atoms with Crippen LogP contribution in [0.25, 0.3) is 0 Å². The smallest absolute Gasteiger partial charge is 0.111 e. The van der Waals surface area contributed by atoms with E-state index >= 15 is 0 Å². The van der Waals surface area contributed by atoms with Gasteiger partial charge in [0.25, 0.3) is 0 Å². The molecule has 0 aromatic heterocycles. The molecule has 0 spiro atoms. The second-order valence-electron chi connectivity index (χ2n) is 4.09. The van der Waals surface area contributed by atoms with E-state index in [0.717, 1.165) is 12.3 Å². The minimum Gasteiger partial charge on any atom is -0.231 e. The zero-order valence-corrected chi connectivity index (χ0v) is 11.8. The lowest BCUT2D eigenvalue weighted by Gasteiger charge is -2.18. The van der Waals surface area contributed by atoms with Gasteiger partial charge in [-0.3, -0.25) is 0 Å². The first kappa shape index (κ1) is 14.0. The number of hydrogen-bond acceptors (Lipinski definition) is 2. The van der Waals surface area contributed by atoms with Gasteiger partial charge in [0.15, 0.2) is 0 Å². The number of alkyl halides is 2. The van der Waals surface area contributed by atoms with Gasteiger partial charge >= 0.3 is 0 Å². The van der Waals surface area contributed by atoms with Gasteiger partial charge in [-0.2, -0.15) is 0 Å². The molecule has 1 heterocycles. The monoisotopic (exact) mass is 269 g/mol. The number of halogens is 2. The van der Waals surface area contributed by atoms with Gasteiger partial charge in [-0.05, 0) is 6.42 Å². The molecule has 0 N–H and O–H groups in total. The summed E-state index contributed by atoms with van der Waals surface area (Å²) in [6, 6.07) is 0. The molecule has 0 aromatic rings. The maximum absolute atomic E-state index is 6.16. The second-order valence-corrected chi connectivity index (χ2v) is 6.16. The molecule has 2 atom stereocenters. The minimum absolute atomic E-state index is 0.0345. The van der Waals surface area contributed by atoms with Gasteiger partial charge in [-0.25, -0.2) is 4.31 Å². The lowest BCUT2D eigenvalue weighted by atomic mass is 10.1. The summed E-state index contributed by atoms with van der Waals surface area (Å²) in [6.45, 7) is 3.34. The van der Waals surface area contributed by atoms with Crippen LogP contribution in [0.1, 0.15) is 45.4 Å². The zero-order chi connectivity index (χ0) is 11.1. The fraction of sp³-hybridized carbons (Fsp3) is 1.00. The van der Waals surface area contributed by atoms with Crippen molar-refractivity contribution in [1.82, 2.24) is 4.31 Å². The van der Waals surface area contributed by atoms with Gasteiger partial charge in [0.1, 0.15) is 5.50 Å². The van der Waals surface area contributed by atoms with Crippen LogP contribution < -0.4 is 0 Å². The summed E-state index contributed by atoms with van der Waals surface area (Å²) in [4.78, 5) is 0. The van der Waals surface area contributed by atoms with Crippen LogP contribution in [-0.4, -0.2) is 27.5 Å². The molecule has 0 radical (unpaired) electrons. The van der Waals surface area contributed by atoms with E-state index in [1.165, 1.54) is 38.5 Å². The Labute approximate surface area is 108 Å². The van der Waals surface area contributed by atoms with Gasteiger partial charge in [-0.1, -0.05) is 51.0 Å². The fourth-order valence-electron chi connectivity index (χ4n) is 1.73. The van der Waals surface area contributed by atoms with Crippen LogP contribution in [0.15, 0.2) is 0 Å². The standard InChI is InChI=1S/C11H21Cl2NS/c1-2-3-4-5-6-7-8-14-11(13)10(12)9-15-14/h10-11H,2-9H2,1H3. The third-order valence-electron chi connectivity index (χ3n) is 2.71. The van der Waals surface area contributed by atoms with Crippen LogP contribution in [-0.2, 0) is 0 Å². The van der Waals surface area contributed by atoms with E-state index in [1.54, 1.807) is 11.9 Å². The van der Waals surface area contributed by atoms with Crippen molar-refractivity contribution in [2.45, 2.75) is 56.3 Å². The van der Waals surface area contributed by atoms with Crippen molar-refractivity contribution in [3.05, 3.63) is 0 Å². The Morgan fingerprint density at radius 2 is 1.80 bits per heavy atom. The zero-order valence-electron chi connectivity index (χ0n) is 9.42. The molecule has 1 nitrogen and oxygen atoms in total. The lowest BCUT2D eigenvalue weighted by Crippen LogP contribution is -2.25.